The van der Waals surface area contributed by atoms with Crippen LogP contribution in [-0.2, 0) is 6.54 Å². The number of nitrogens with one attached hydrogen (secondary N) is 1. The van der Waals surface area contributed by atoms with E-state index in [9.17, 15) is 4.79 Å². The van der Waals surface area contributed by atoms with E-state index in [4.69, 9.17) is 16.1 Å². The molecule has 0 spiro atoms. The number of anilines is 1. The number of piperidine rings is 1. The average Bonchev–Trinajstić information content (AvgIpc) is 3.22. The molecule has 1 aliphatic rings. The number of amides is 1. The summed E-state index contributed by atoms with van der Waals surface area (Å²) in [5, 5.41) is 7.70. The van der Waals surface area contributed by atoms with Crippen LogP contribution in [0.15, 0.2) is 47.0 Å². The molecule has 1 aliphatic heterocycles. The van der Waals surface area contributed by atoms with Gasteiger partial charge >= 0.3 is 0 Å². The number of aromatic nitrogens is 2. The number of benzene rings is 2. The Morgan fingerprint density at radius 2 is 2.03 bits per heavy atom. The fraction of sp³-hybridized carbons (Fsp3) is 0.348. The summed E-state index contributed by atoms with van der Waals surface area (Å²) in [4.78, 5) is 19.2. The third-order valence-electron chi connectivity index (χ3n) is 5.48. The van der Waals surface area contributed by atoms with E-state index in [-0.39, 0.29) is 11.9 Å². The first-order valence-electron chi connectivity index (χ1n) is 10.3. The number of rotatable bonds is 5. The second-order valence-corrected chi connectivity index (χ2v) is 8.18. The quantitative estimate of drug-likeness (QED) is 0.599. The van der Waals surface area contributed by atoms with Crippen molar-refractivity contribution in [3.8, 4) is 11.4 Å². The Balaban J connectivity index is 1.40. The lowest BCUT2D eigenvalue weighted by atomic mass is 10.0. The monoisotopic (exact) mass is 424 g/mol. The molecular weight excluding hydrogens is 400 g/mol. The van der Waals surface area contributed by atoms with Crippen molar-refractivity contribution in [2.45, 2.75) is 45.7 Å². The van der Waals surface area contributed by atoms with E-state index in [1.165, 1.54) is 12.0 Å². The van der Waals surface area contributed by atoms with Crippen molar-refractivity contribution < 1.29 is 9.32 Å². The first-order chi connectivity index (χ1) is 14.5. The smallest absolute Gasteiger partial charge is 0.255 e. The van der Waals surface area contributed by atoms with Crippen molar-refractivity contribution in [3.05, 3.63) is 64.5 Å². The molecule has 2 heterocycles. The molecule has 2 aromatic carbocycles. The van der Waals surface area contributed by atoms with Gasteiger partial charge in [-0.25, -0.2) is 0 Å². The van der Waals surface area contributed by atoms with Crippen LogP contribution in [0.2, 0.25) is 5.02 Å². The van der Waals surface area contributed by atoms with Crippen LogP contribution in [0.4, 0.5) is 5.69 Å². The summed E-state index contributed by atoms with van der Waals surface area (Å²) >= 11 is 6.43. The lowest BCUT2D eigenvalue weighted by Crippen LogP contribution is -2.42. The molecule has 1 N–H and O–H groups in total. The Hall–Kier alpha value is -2.86. The van der Waals surface area contributed by atoms with E-state index >= 15 is 0 Å². The molecule has 1 fully saturated rings. The number of carbonyl (C=O) groups excluding carboxylic acids is 1. The van der Waals surface area contributed by atoms with Gasteiger partial charge in [-0.1, -0.05) is 46.6 Å². The minimum absolute atomic E-state index is 0.00149. The van der Waals surface area contributed by atoms with E-state index < -0.39 is 0 Å². The van der Waals surface area contributed by atoms with Gasteiger partial charge in [0.25, 0.3) is 5.91 Å². The van der Waals surface area contributed by atoms with Crippen LogP contribution in [0.5, 0.6) is 0 Å². The van der Waals surface area contributed by atoms with Crippen LogP contribution in [0.3, 0.4) is 0 Å². The molecule has 3 aromatic rings. The molecule has 0 saturated carbocycles. The van der Waals surface area contributed by atoms with Crippen molar-refractivity contribution in [2.75, 3.05) is 11.9 Å². The second-order valence-electron chi connectivity index (χ2n) is 7.77. The Morgan fingerprint density at radius 3 is 2.77 bits per heavy atom. The van der Waals surface area contributed by atoms with Crippen LogP contribution in [0, 0.1) is 6.92 Å². The van der Waals surface area contributed by atoms with Crippen LogP contribution < -0.4 is 5.32 Å². The van der Waals surface area contributed by atoms with Crippen LogP contribution in [0.1, 0.15) is 48.0 Å². The number of nitrogens with zero attached hydrogens (tertiary/aromatic N) is 3. The van der Waals surface area contributed by atoms with Crippen molar-refractivity contribution in [1.29, 1.82) is 0 Å². The number of halogens is 1. The highest BCUT2D eigenvalue weighted by atomic mass is 35.5. The van der Waals surface area contributed by atoms with E-state index in [1.54, 1.807) is 12.1 Å². The lowest BCUT2D eigenvalue weighted by Gasteiger charge is -2.33. The van der Waals surface area contributed by atoms with Crippen LogP contribution >= 0.6 is 11.6 Å². The van der Waals surface area contributed by atoms with Crippen molar-refractivity contribution in [3.63, 3.8) is 0 Å². The molecule has 1 aromatic heterocycles. The van der Waals surface area contributed by atoms with Crippen LogP contribution in [0.25, 0.3) is 11.4 Å². The summed E-state index contributed by atoms with van der Waals surface area (Å²) in [5.41, 5.74) is 3.42. The predicted molar refractivity (Wildman–Crippen MR) is 118 cm³/mol. The standard InChI is InChI=1S/C23H25ClN4O2/c1-15-6-8-17(9-7-15)22-26-21(30-27-22)14-25-18-10-11-19(20(24)13-18)23(29)28-12-4-3-5-16(28)2/h6-11,13,16,25H,3-5,12,14H2,1-2H3. The molecule has 7 heteroatoms. The van der Waals surface area contributed by atoms with E-state index in [1.807, 2.05) is 42.2 Å². The Bertz CT molecular complexity index is 1030. The zero-order valence-electron chi connectivity index (χ0n) is 17.2. The third-order valence-corrected chi connectivity index (χ3v) is 5.80. The molecule has 156 valence electrons. The number of hydrogen-bond acceptors (Lipinski definition) is 5. The zero-order valence-corrected chi connectivity index (χ0v) is 17.9. The van der Waals surface area contributed by atoms with Gasteiger partial charge in [-0.3, -0.25) is 4.79 Å². The van der Waals surface area contributed by atoms with Gasteiger partial charge in [-0.05, 0) is 51.3 Å². The fourth-order valence-electron chi connectivity index (χ4n) is 3.68. The highest BCUT2D eigenvalue weighted by Gasteiger charge is 2.25. The largest absolute Gasteiger partial charge is 0.376 e. The molecule has 1 unspecified atom stereocenters. The van der Waals surface area contributed by atoms with E-state index in [0.29, 0.717) is 28.8 Å². The van der Waals surface area contributed by atoms with Crippen molar-refractivity contribution in [2.24, 2.45) is 0 Å². The summed E-state index contributed by atoms with van der Waals surface area (Å²) in [7, 11) is 0. The van der Waals surface area contributed by atoms with E-state index in [0.717, 1.165) is 30.6 Å². The lowest BCUT2D eigenvalue weighted by molar-refractivity contribution is 0.0636. The average molecular weight is 425 g/mol. The first-order valence-corrected chi connectivity index (χ1v) is 10.6. The van der Waals surface area contributed by atoms with Gasteiger partial charge in [-0.2, -0.15) is 4.98 Å². The summed E-state index contributed by atoms with van der Waals surface area (Å²) in [5.74, 6) is 1.03. The number of aryl methyl sites for hydroxylation is 1. The van der Waals surface area contributed by atoms with Gasteiger partial charge in [0.05, 0.1) is 17.1 Å². The Labute approximate surface area is 181 Å². The normalized spacial score (nSPS) is 16.5. The molecule has 0 bridgehead atoms. The highest BCUT2D eigenvalue weighted by molar-refractivity contribution is 6.34. The molecule has 6 nitrogen and oxygen atoms in total. The van der Waals surface area contributed by atoms with E-state index in [2.05, 4.69) is 22.4 Å². The third kappa shape index (κ3) is 4.49. The molecule has 30 heavy (non-hydrogen) atoms. The molecule has 1 atom stereocenters. The topological polar surface area (TPSA) is 71.3 Å². The minimum atomic E-state index is -0.00149. The second kappa shape index (κ2) is 8.88. The minimum Gasteiger partial charge on any atom is -0.376 e. The molecule has 0 radical (unpaired) electrons. The molecule has 1 saturated heterocycles. The summed E-state index contributed by atoms with van der Waals surface area (Å²) in [6.07, 6.45) is 3.25. The van der Waals surface area contributed by atoms with Gasteiger partial charge in [0, 0.05) is 23.8 Å². The number of carbonyl (C=O) groups is 1. The molecular formula is C23H25ClN4O2. The number of likely N-dealkylation sites (tertiary alicyclic amines) is 1. The highest BCUT2D eigenvalue weighted by Crippen LogP contribution is 2.26. The SMILES string of the molecule is Cc1ccc(-c2noc(CNc3ccc(C(=O)N4CCCCC4C)c(Cl)c3)n2)cc1. The fourth-order valence-corrected chi connectivity index (χ4v) is 3.94. The number of hydrogen-bond donors (Lipinski definition) is 1. The van der Waals surface area contributed by atoms with Gasteiger partial charge in [-0.15, -0.1) is 0 Å². The Morgan fingerprint density at radius 1 is 1.23 bits per heavy atom. The maximum atomic E-state index is 12.9. The Kier molecular flexibility index (Phi) is 6.04. The van der Waals surface area contributed by atoms with Crippen molar-refractivity contribution in [1.82, 2.24) is 15.0 Å². The summed E-state index contributed by atoms with van der Waals surface area (Å²) in [6, 6.07) is 13.6. The maximum absolute atomic E-state index is 12.9. The summed E-state index contributed by atoms with van der Waals surface area (Å²) < 4.78 is 5.34. The van der Waals surface area contributed by atoms with Crippen LogP contribution in [-0.4, -0.2) is 33.5 Å². The molecule has 4 rings (SSSR count). The molecule has 1 amide bonds. The summed E-state index contributed by atoms with van der Waals surface area (Å²) in [6.45, 7) is 5.28. The van der Waals surface area contributed by atoms with Gasteiger partial charge in [0.1, 0.15) is 0 Å². The maximum Gasteiger partial charge on any atom is 0.255 e. The van der Waals surface area contributed by atoms with Gasteiger partial charge < -0.3 is 14.7 Å². The van der Waals surface area contributed by atoms with Gasteiger partial charge in [0.15, 0.2) is 0 Å². The predicted octanol–water partition coefficient (Wildman–Crippen LogP) is 5.33. The molecule has 0 aliphatic carbocycles. The first kappa shape index (κ1) is 20.4. The van der Waals surface area contributed by atoms with Gasteiger partial charge in [0.2, 0.25) is 11.7 Å². The van der Waals surface area contributed by atoms with Crippen molar-refractivity contribution >= 4 is 23.2 Å². The zero-order chi connectivity index (χ0) is 21.1.